The van der Waals surface area contributed by atoms with Gasteiger partial charge in [-0.2, -0.15) is 13.2 Å². The summed E-state index contributed by atoms with van der Waals surface area (Å²) in [4.78, 5) is 15.8. The molecule has 0 atom stereocenters. The van der Waals surface area contributed by atoms with E-state index in [0.717, 1.165) is 30.5 Å². The number of aromatic nitrogens is 1. The van der Waals surface area contributed by atoms with Crippen molar-refractivity contribution in [3.63, 3.8) is 0 Å². The number of nitrogens with one attached hydrogen (secondary N) is 1. The van der Waals surface area contributed by atoms with Crippen LogP contribution in [0, 0.1) is 0 Å². The zero-order valence-electron chi connectivity index (χ0n) is 13.4. The molecule has 1 N–H and O–H groups in total. The Hall–Kier alpha value is -2.98. The molecule has 0 aliphatic carbocycles. The Labute approximate surface area is 148 Å². The van der Waals surface area contributed by atoms with E-state index in [0.29, 0.717) is 5.69 Å². The predicted molar refractivity (Wildman–Crippen MR) is 80.1 cm³/mol. The lowest BCUT2D eigenvalue weighted by molar-refractivity contribution is -0.274. The largest absolute Gasteiger partial charge is 0.573 e. The molecule has 0 aliphatic rings. The van der Waals surface area contributed by atoms with Crippen LogP contribution in [-0.2, 0) is 6.54 Å². The maximum Gasteiger partial charge on any atom is 0.573 e. The fourth-order valence-corrected chi connectivity index (χ4v) is 1.85. The standard InChI is InChI=1S/C16H12F6N2O3/c17-15(18,19)9-26-13-6-3-11(23-8-13)7-24-14(25)10-1-4-12(5-2-10)27-16(20,21)22/h1-6,8H,7,9H2,(H,24,25). The van der Waals surface area contributed by atoms with Gasteiger partial charge in [0.15, 0.2) is 6.61 Å². The van der Waals surface area contributed by atoms with E-state index in [-0.39, 0.29) is 17.9 Å². The van der Waals surface area contributed by atoms with E-state index in [1.165, 1.54) is 12.1 Å². The van der Waals surface area contributed by atoms with Crippen LogP contribution in [0.5, 0.6) is 11.5 Å². The van der Waals surface area contributed by atoms with Crippen LogP contribution in [0.15, 0.2) is 42.6 Å². The van der Waals surface area contributed by atoms with E-state index in [4.69, 9.17) is 0 Å². The fraction of sp³-hybridized carbons (Fsp3) is 0.250. The van der Waals surface area contributed by atoms with Gasteiger partial charge in [0.25, 0.3) is 5.91 Å². The summed E-state index contributed by atoms with van der Waals surface area (Å²) in [6.45, 7) is -1.49. The van der Waals surface area contributed by atoms with Crippen molar-refractivity contribution in [3.05, 3.63) is 53.9 Å². The molecule has 5 nitrogen and oxygen atoms in total. The number of carbonyl (C=O) groups excluding carboxylic acids is 1. The molecule has 0 spiro atoms. The smallest absolute Gasteiger partial charge is 0.483 e. The van der Waals surface area contributed by atoms with Crippen LogP contribution in [0.4, 0.5) is 26.3 Å². The van der Waals surface area contributed by atoms with Gasteiger partial charge in [0.1, 0.15) is 11.5 Å². The summed E-state index contributed by atoms with van der Waals surface area (Å²) < 4.78 is 80.5. The van der Waals surface area contributed by atoms with E-state index in [2.05, 4.69) is 19.8 Å². The Kier molecular flexibility index (Phi) is 6.13. The van der Waals surface area contributed by atoms with E-state index < -0.39 is 30.8 Å². The summed E-state index contributed by atoms with van der Waals surface area (Å²) in [5.41, 5.74) is 0.439. The zero-order chi connectivity index (χ0) is 20.1. The second kappa shape index (κ2) is 8.14. The van der Waals surface area contributed by atoms with Gasteiger partial charge < -0.3 is 14.8 Å². The van der Waals surface area contributed by atoms with Crippen LogP contribution in [-0.4, -0.2) is 30.0 Å². The van der Waals surface area contributed by atoms with Gasteiger partial charge in [0.2, 0.25) is 0 Å². The Balaban J connectivity index is 1.86. The monoisotopic (exact) mass is 394 g/mol. The van der Waals surface area contributed by atoms with Crippen LogP contribution < -0.4 is 14.8 Å². The van der Waals surface area contributed by atoms with Crippen molar-refractivity contribution >= 4 is 5.91 Å². The van der Waals surface area contributed by atoms with Crippen LogP contribution in [0.2, 0.25) is 0 Å². The summed E-state index contributed by atoms with van der Waals surface area (Å²) in [6.07, 6.45) is -8.21. The van der Waals surface area contributed by atoms with Crippen molar-refractivity contribution in [1.29, 1.82) is 0 Å². The Morgan fingerprint density at radius 2 is 1.59 bits per heavy atom. The molecule has 1 aromatic carbocycles. The Bertz CT molecular complexity index is 758. The second-order valence-corrected chi connectivity index (χ2v) is 5.14. The molecule has 1 aromatic heterocycles. The molecular weight excluding hydrogens is 382 g/mol. The average Bonchev–Trinajstić information content (AvgIpc) is 2.57. The van der Waals surface area contributed by atoms with E-state index in [9.17, 15) is 31.1 Å². The normalized spacial score (nSPS) is 11.8. The number of rotatable bonds is 6. The van der Waals surface area contributed by atoms with Crippen LogP contribution >= 0.6 is 0 Å². The second-order valence-electron chi connectivity index (χ2n) is 5.14. The molecule has 11 heteroatoms. The van der Waals surface area contributed by atoms with Gasteiger partial charge in [-0.3, -0.25) is 9.78 Å². The number of ether oxygens (including phenoxy) is 2. The molecule has 1 amide bonds. The predicted octanol–water partition coefficient (Wildman–Crippen LogP) is 3.85. The molecular formula is C16H12F6N2O3. The Morgan fingerprint density at radius 3 is 2.11 bits per heavy atom. The summed E-state index contributed by atoms with van der Waals surface area (Å²) in [7, 11) is 0. The molecule has 0 saturated heterocycles. The number of hydrogen-bond acceptors (Lipinski definition) is 4. The van der Waals surface area contributed by atoms with Crippen molar-refractivity contribution < 1.29 is 40.6 Å². The molecule has 0 radical (unpaired) electrons. The van der Waals surface area contributed by atoms with Gasteiger partial charge in [-0.05, 0) is 36.4 Å². The average molecular weight is 394 g/mol. The summed E-state index contributed by atoms with van der Waals surface area (Å²) >= 11 is 0. The topological polar surface area (TPSA) is 60.5 Å². The highest BCUT2D eigenvalue weighted by molar-refractivity contribution is 5.94. The van der Waals surface area contributed by atoms with Gasteiger partial charge in [0.05, 0.1) is 18.4 Å². The maximum absolute atomic E-state index is 12.1. The van der Waals surface area contributed by atoms with Gasteiger partial charge in [-0.1, -0.05) is 0 Å². The highest BCUT2D eigenvalue weighted by Crippen LogP contribution is 2.22. The molecule has 27 heavy (non-hydrogen) atoms. The minimum Gasteiger partial charge on any atom is -0.483 e. The summed E-state index contributed by atoms with van der Waals surface area (Å²) in [5, 5.41) is 2.47. The highest BCUT2D eigenvalue weighted by atomic mass is 19.4. The number of halogens is 6. The zero-order valence-corrected chi connectivity index (χ0v) is 13.4. The first kappa shape index (κ1) is 20.3. The highest BCUT2D eigenvalue weighted by Gasteiger charge is 2.31. The van der Waals surface area contributed by atoms with Crippen LogP contribution in [0.1, 0.15) is 16.1 Å². The minimum absolute atomic E-state index is 0.0425. The quantitative estimate of drug-likeness (QED) is 0.757. The first-order chi connectivity index (χ1) is 12.5. The molecule has 146 valence electrons. The lowest BCUT2D eigenvalue weighted by Crippen LogP contribution is -2.23. The summed E-state index contributed by atoms with van der Waals surface area (Å²) in [5.74, 6) is -1.12. The summed E-state index contributed by atoms with van der Waals surface area (Å²) in [6, 6.07) is 6.92. The third kappa shape index (κ3) is 7.42. The first-order valence-electron chi connectivity index (χ1n) is 7.30. The van der Waals surface area contributed by atoms with E-state index in [1.807, 2.05) is 0 Å². The van der Waals surface area contributed by atoms with Crippen molar-refractivity contribution in [2.45, 2.75) is 19.1 Å². The number of pyridine rings is 1. The van der Waals surface area contributed by atoms with Gasteiger partial charge >= 0.3 is 12.5 Å². The molecule has 2 rings (SSSR count). The molecule has 0 aliphatic heterocycles. The third-order valence-corrected chi connectivity index (χ3v) is 2.98. The molecule has 0 bridgehead atoms. The number of nitrogens with zero attached hydrogens (tertiary/aromatic N) is 1. The maximum atomic E-state index is 12.1. The van der Waals surface area contributed by atoms with Crippen molar-refractivity contribution in [2.24, 2.45) is 0 Å². The first-order valence-corrected chi connectivity index (χ1v) is 7.30. The third-order valence-electron chi connectivity index (χ3n) is 2.98. The molecule has 0 unspecified atom stereocenters. The SMILES string of the molecule is O=C(NCc1ccc(OCC(F)(F)F)cn1)c1ccc(OC(F)(F)F)cc1. The van der Waals surface area contributed by atoms with Gasteiger partial charge in [0, 0.05) is 5.56 Å². The number of amides is 1. The lowest BCUT2D eigenvalue weighted by atomic mass is 10.2. The van der Waals surface area contributed by atoms with Gasteiger partial charge in [-0.25, -0.2) is 0 Å². The van der Waals surface area contributed by atoms with Crippen LogP contribution in [0.25, 0.3) is 0 Å². The van der Waals surface area contributed by atoms with E-state index >= 15 is 0 Å². The van der Waals surface area contributed by atoms with Crippen LogP contribution in [0.3, 0.4) is 0 Å². The molecule has 0 saturated carbocycles. The van der Waals surface area contributed by atoms with E-state index in [1.54, 1.807) is 0 Å². The number of hydrogen-bond donors (Lipinski definition) is 1. The van der Waals surface area contributed by atoms with Crippen molar-refractivity contribution in [3.8, 4) is 11.5 Å². The Morgan fingerprint density at radius 1 is 0.963 bits per heavy atom. The number of carbonyl (C=O) groups is 1. The molecule has 0 fully saturated rings. The molecule has 2 aromatic rings. The molecule has 1 heterocycles. The van der Waals surface area contributed by atoms with Crippen molar-refractivity contribution in [2.75, 3.05) is 6.61 Å². The number of benzene rings is 1. The number of alkyl halides is 6. The minimum atomic E-state index is -4.83. The van der Waals surface area contributed by atoms with Gasteiger partial charge in [-0.15, -0.1) is 13.2 Å². The fourth-order valence-electron chi connectivity index (χ4n) is 1.85. The van der Waals surface area contributed by atoms with Crippen molar-refractivity contribution in [1.82, 2.24) is 10.3 Å². The lowest BCUT2D eigenvalue weighted by Gasteiger charge is -2.10.